The molecule has 2 unspecified atom stereocenters. The first-order valence-corrected chi connectivity index (χ1v) is 7.41. The molecule has 5 heteroatoms. The van der Waals surface area contributed by atoms with Crippen LogP contribution in [-0.2, 0) is 14.3 Å². The van der Waals surface area contributed by atoms with Crippen molar-refractivity contribution in [1.82, 2.24) is 9.80 Å². The Hall–Kier alpha value is -0.650. The van der Waals surface area contributed by atoms with Crippen LogP contribution in [0.3, 0.4) is 0 Å². The highest BCUT2D eigenvalue weighted by molar-refractivity contribution is 5.75. The Morgan fingerprint density at radius 3 is 2.95 bits per heavy atom. The standard InChI is InChI=1S/C14H26N2O3/c1-3-18-14(17)13-6-4-5-7-16(13)11-12-10-15(2)8-9-19-12/h12-13H,3-11H2,1-2H3. The molecule has 0 radical (unpaired) electrons. The van der Waals surface area contributed by atoms with Crippen molar-refractivity contribution in [2.45, 2.75) is 38.3 Å². The first-order valence-electron chi connectivity index (χ1n) is 7.41. The molecule has 5 nitrogen and oxygen atoms in total. The molecule has 0 spiro atoms. The van der Waals surface area contributed by atoms with Crippen molar-refractivity contribution in [2.24, 2.45) is 0 Å². The molecule has 2 aliphatic rings. The second-order valence-electron chi connectivity index (χ2n) is 5.51. The highest BCUT2D eigenvalue weighted by atomic mass is 16.5. The predicted octanol–water partition coefficient (Wildman–Crippen LogP) is 0.735. The lowest BCUT2D eigenvalue weighted by Crippen LogP contribution is -2.52. The van der Waals surface area contributed by atoms with Crippen molar-refractivity contribution in [2.75, 3.05) is 46.4 Å². The number of ether oxygens (including phenoxy) is 2. The van der Waals surface area contributed by atoms with Crippen LogP contribution < -0.4 is 0 Å². The smallest absolute Gasteiger partial charge is 0.323 e. The van der Waals surface area contributed by atoms with Gasteiger partial charge in [0, 0.05) is 19.6 Å². The van der Waals surface area contributed by atoms with Gasteiger partial charge in [-0.25, -0.2) is 0 Å². The normalized spacial score (nSPS) is 30.2. The molecule has 0 aromatic carbocycles. The Balaban J connectivity index is 1.89. The van der Waals surface area contributed by atoms with E-state index in [0.29, 0.717) is 6.61 Å². The SMILES string of the molecule is CCOC(=O)C1CCCCN1CC1CN(C)CCO1. The van der Waals surface area contributed by atoms with Gasteiger partial charge in [0.25, 0.3) is 0 Å². The lowest BCUT2D eigenvalue weighted by molar-refractivity contribution is -0.152. The number of likely N-dealkylation sites (N-methyl/N-ethyl adjacent to an activating group) is 1. The van der Waals surface area contributed by atoms with Gasteiger partial charge < -0.3 is 14.4 Å². The van der Waals surface area contributed by atoms with Gasteiger partial charge in [0.05, 0.1) is 19.3 Å². The fourth-order valence-electron chi connectivity index (χ4n) is 2.95. The minimum Gasteiger partial charge on any atom is -0.465 e. The second-order valence-corrected chi connectivity index (χ2v) is 5.51. The summed E-state index contributed by atoms with van der Waals surface area (Å²) in [5, 5.41) is 0. The fraction of sp³-hybridized carbons (Fsp3) is 0.929. The number of morpholine rings is 1. The van der Waals surface area contributed by atoms with Crippen LogP contribution in [0, 0.1) is 0 Å². The molecule has 2 fully saturated rings. The van der Waals surface area contributed by atoms with E-state index < -0.39 is 0 Å². The summed E-state index contributed by atoms with van der Waals surface area (Å²) in [6, 6.07) is -0.0652. The highest BCUT2D eigenvalue weighted by Crippen LogP contribution is 2.19. The number of carbonyl (C=O) groups excluding carboxylic acids is 1. The number of esters is 1. The fourth-order valence-corrected chi connectivity index (χ4v) is 2.95. The molecule has 2 heterocycles. The van der Waals surface area contributed by atoms with Crippen LogP contribution in [0.4, 0.5) is 0 Å². The topological polar surface area (TPSA) is 42.0 Å². The van der Waals surface area contributed by atoms with Gasteiger partial charge in [-0.3, -0.25) is 9.69 Å². The molecule has 0 aromatic rings. The minimum absolute atomic E-state index is 0.0636. The van der Waals surface area contributed by atoms with Crippen LogP contribution in [0.1, 0.15) is 26.2 Å². The lowest BCUT2D eigenvalue weighted by Gasteiger charge is -2.38. The van der Waals surface area contributed by atoms with Crippen molar-refractivity contribution >= 4 is 5.97 Å². The Labute approximate surface area is 115 Å². The summed E-state index contributed by atoms with van der Waals surface area (Å²) in [6.45, 7) is 6.89. The molecule has 2 aliphatic heterocycles. The van der Waals surface area contributed by atoms with E-state index in [4.69, 9.17) is 9.47 Å². The average molecular weight is 270 g/mol. The third kappa shape index (κ3) is 4.16. The van der Waals surface area contributed by atoms with E-state index in [1.54, 1.807) is 0 Å². The highest BCUT2D eigenvalue weighted by Gasteiger charge is 2.32. The molecule has 2 rings (SSSR count). The molecule has 0 N–H and O–H groups in total. The zero-order chi connectivity index (χ0) is 13.7. The number of hydrogen-bond donors (Lipinski definition) is 0. The summed E-state index contributed by atoms with van der Waals surface area (Å²) >= 11 is 0. The summed E-state index contributed by atoms with van der Waals surface area (Å²) in [4.78, 5) is 16.5. The zero-order valence-corrected chi connectivity index (χ0v) is 12.1. The Morgan fingerprint density at radius 1 is 1.37 bits per heavy atom. The molecule has 0 amide bonds. The number of rotatable bonds is 4. The molecule has 0 aromatic heterocycles. The summed E-state index contributed by atoms with van der Waals surface area (Å²) in [5.74, 6) is -0.0636. The van der Waals surface area contributed by atoms with Crippen LogP contribution in [0.5, 0.6) is 0 Å². The van der Waals surface area contributed by atoms with Crippen molar-refractivity contribution in [3.8, 4) is 0 Å². The molecule has 110 valence electrons. The second kappa shape index (κ2) is 7.22. The molecule has 0 aliphatic carbocycles. The van der Waals surface area contributed by atoms with Gasteiger partial charge in [0.2, 0.25) is 0 Å². The largest absolute Gasteiger partial charge is 0.465 e. The van der Waals surface area contributed by atoms with E-state index in [1.165, 1.54) is 6.42 Å². The zero-order valence-electron chi connectivity index (χ0n) is 12.1. The maximum atomic E-state index is 12.0. The van der Waals surface area contributed by atoms with Gasteiger partial charge >= 0.3 is 5.97 Å². The van der Waals surface area contributed by atoms with Crippen molar-refractivity contribution in [1.29, 1.82) is 0 Å². The van der Waals surface area contributed by atoms with Gasteiger partial charge in [-0.15, -0.1) is 0 Å². The van der Waals surface area contributed by atoms with E-state index in [0.717, 1.165) is 45.6 Å². The molecule has 0 bridgehead atoms. The molecule has 2 saturated heterocycles. The van der Waals surface area contributed by atoms with E-state index in [1.807, 2.05) is 6.92 Å². The average Bonchev–Trinajstić information content (AvgIpc) is 2.39. The molecular weight excluding hydrogens is 244 g/mol. The van der Waals surface area contributed by atoms with Crippen molar-refractivity contribution < 1.29 is 14.3 Å². The molecule has 2 atom stereocenters. The Kier molecular flexibility index (Phi) is 5.60. The maximum absolute atomic E-state index is 12.0. The van der Waals surface area contributed by atoms with Gasteiger partial charge in [-0.2, -0.15) is 0 Å². The number of hydrogen-bond acceptors (Lipinski definition) is 5. The van der Waals surface area contributed by atoms with Crippen LogP contribution >= 0.6 is 0 Å². The monoisotopic (exact) mass is 270 g/mol. The summed E-state index contributed by atoms with van der Waals surface area (Å²) in [7, 11) is 2.12. The molecule has 19 heavy (non-hydrogen) atoms. The van der Waals surface area contributed by atoms with Crippen molar-refractivity contribution in [3.05, 3.63) is 0 Å². The van der Waals surface area contributed by atoms with Gasteiger partial charge in [-0.05, 0) is 33.4 Å². The first kappa shape index (κ1) is 14.8. The van der Waals surface area contributed by atoms with E-state index in [9.17, 15) is 4.79 Å². The van der Waals surface area contributed by atoms with Gasteiger partial charge in [0.1, 0.15) is 6.04 Å². The van der Waals surface area contributed by atoms with Gasteiger partial charge in [0.15, 0.2) is 0 Å². The summed E-state index contributed by atoms with van der Waals surface area (Å²) in [6.07, 6.45) is 3.42. The van der Waals surface area contributed by atoms with E-state index in [-0.39, 0.29) is 18.1 Å². The van der Waals surface area contributed by atoms with Gasteiger partial charge in [-0.1, -0.05) is 6.42 Å². The molecule has 0 saturated carbocycles. The minimum atomic E-state index is -0.0652. The summed E-state index contributed by atoms with van der Waals surface area (Å²) < 4.78 is 11.0. The van der Waals surface area contributed by atoms with Crippen molar-refractivity contribution in [3.63, 3.8) is 0 Å². The number of likely N-dealkylation sites (tertiary alicyclic amines) is 1. The lowest BCUT2D eigenvalue weighted by atomic mass is 10.0. The number of carbonyl (C=O) groups is 1. The summed E-state index contributed by atoms with van der Waals surface area (Å²) in [5.41, 5.74) is 0. The van der Waals surface area contributed by atoms with Crippen LogP contribution in [0.25, 0.3) is 0 Å². The third-order valence-corrected chi connectivity index (χ3v) is 3.95. The number of piperidine rings is 1. The maximum Gasteiger partial charge on any atom is 0.323 e. The van der Waals surface area contributed by atoms with Crippen LogP contribution in [0.2, 0.25) is 0 Å². The third-order valence-electron chi connectivity index (χ3n) is 3.95. The molecular formula is C14H26N2O3. The first-order chi connectivity index (χ1) is 9.20. The number of nitrogens with zero attached hydrogens (tertiary/aromatic N) is 2. The van der Waals surface area contributed by atoms with Crippen LogP contribution in [-0.4, -0.2) is 74.4 Å². The van der Waals surface area contributed by atoms with E-state index in [2.05, 4.69) is 16.8 Å². The Bertz CT molecular complexity index is 298. The quantitative estimate of drug-likeness (QED) is 0.705. The Morgan fingerprint density at radius 2 is 2.21 bits per heavy atom. The van der Waals surface area contributed by atoms with E-state index >= 15 is 0 Å². The predicted molar refractivity (Wildman–Crippen MR) is 73.1 cm³/mol. The van der Waals surface area contributed by atoms with Crippen LogP contribution in [0.15, 0.2) is 0 Å².